The van der Waals surface area contributed by atoms with E-state index in [0.717, 1.165) is 102 Å². The molecule has 472 valence electrons. The third kappa shape index (κ3) is 12.8. The molecule has 13 rings (SSSR count). The lowest BCUT2D eigenvalue weighted by molar-refractivity contribution is -0.173. The molecule has 18 nitrogen and oxygen atoms in total. The standard InChI is InChI=1S/C70H80N8O10S2/c79-63-21-17-51-15-19-53(85-43-7-5-29-71-31-35-73(36-32-71)57-11-9-13-61-55(57)23-45-89-61)47-59(51)77(63)49-87-67(83)69(25-1-2-26-69)65(81)75-39-41-76(42-40-75)66(82)70(27-3-4-28-70)68(84)88-50-78-60-48-54(20-16-52(60)18-22-64(78)80)86-44-8-6-30-72-33-37-74(38-34-72)58-12-10-14-62-56(58)24-46-90-62/h9-24,45-48H,1-8,25-44,49-50H2. The number of benzene rings is 4. The van der Waals surface area contributed by atoms with Crippen LogP contribution in [0.15, 0.2) is 130 Å². The number of thiophene rings is 2. The molecule has 2 aliphatic carbocycles. The predicted octanol–water partition coefficient (Wildman–Crippen LogP) is 10.2. The highest BCUT2D eigenvalue weighted by molar-refractivity contribution is 7.17. The summed E-state index contributed by atoms with van der Waals surface area (Å²) < 4.78 is 29.9. The van der Waals surface area contributed by atoms with Crippen LogP contribution in [-0.2, 0) is 42.1 Å². The fourth-order valence-electron chi connectivity index (χ4n) is 14.4. The lowest BCUT2D eigenvalue weighted by atomic mass is 9.83. The van der Waals surface area contributed by atoms with Gasteiger partial charge in [-0.25, -0.2) is 0 Å². The van der Waals surface area contributed by atoms with Crippen LogP contribution in [0.2, 0.25) is 0 Å². The maximum absolute atomic E-state index is 14.6. The first-order valence-corrected chi connectivity index (χ1v) is 34.1. The molecule has 0 N–H and O–H groups in total. The van der Waals surface area contributed by atoms with E-state index in [1.54, 1.807) is 44.6 Å². The van der Waals surface area contributed by atoms with Crippen LogP contribution in [0.25, 0.3) is 42.0 Å². The number of anilines is 2. The molecule has 8 aromatic rings. The Morgan fingerprint density at radius 3 is 1.26 bits per heavy atom. The Hall–Kier alpha value is -7.78. The lowest BCUT2D eigenvalue weighted by Gasteiger charge is -2.41. The molecule has 5 fully saturated rings. The van der Waals surface area contributed by atoms with E-state index in [1.807, 2.05) is 36.4 Å². The number of pyridine rings is 2. The van der Waals surface area contributed by atoms with Crippen LogP contribution in [0.1, 0.15) is 77.0 Å². The second-order valence-corrected chi connectivity index (χ2v) is 26.8. The van der Waals surface area contributed by atoms with Crippen LogP contribution < -0.4 is 30.4 Å². The van der Waals surface area contributed by atoms with Crippen molar-refractivity contribution in [2.75, 3.05) is 115 Å². The molecule has 0 radical (unpaired) electrons. The monoisotopic (exact) mass is 1260 g/mol. The van der Waals surface area contributed by atoms with E-state index in [0.29, 0.717) is 87.1 Å². The maximum Gasteiger partial charge on any atom is 0.323 e. The number of piperazine rings is 3. The Morgan fingerprint density at radius 1 is 0.444 bits per heavy atom. The summed E-state index contributed by atoms with van der Waals surface area (Å²) in [5.41, 5.74) is 0.208. The fraction of sp³-hybridized carbons (Fsp3) is 0.457. The van der Waals surface area contributed by atoms with E-state index in [2.05, 4.69) is 78.9 Å². The summed E-state index contributed by atoms with van der Waals surface area (Å²) >= 11 is 3.57. The van der Waals surface area contributed by atoms with E-state index < -0.39 is 22.8 Å². The second kappa shape index (κ2) is 27.4. The van der Waals surface area contributed by atoms with Crippen molar-refractivity contribution < 1.29 is 38.1 Å². The van der Waals surface area contributed by atoms with Crippen molar-refractivity contribution in [1.82, 2.24) is 28.7 Å². The summed E-state index contributed by atoms with van der Waals surface area (Å²) in [7, 11) is 0. The SMILES string of the molecule is O=C(OCn1c(=O)ccc2ccc(OCCCCN3CCN(c4cccc5sccc45)CC3)cc21)C1(C(=O)N2CCN(C(=O)C3(C(=O)OCn4c(=O)ccc5ccc(OCCCCN6CCN(c7cccc8sccc78)CC6)cc54)CCCC3)CC2)CCCC1. The van der Waals surface area contributed by atoms with Crippen LogP contribution in [0.4, 0.5) is 11.4 Å². The molecule has 90 heavy (non-hydrogen) atoms. The van der Waals surface area contributed by atoms with Crippen molar-refractivity contribution in [3.63, 3.8) is 0 Å². The molecule has 4 aromatic heterocycles. The Balaban J connectivity index is 0.568. The second-order valence-electron chi connectivity index (χ2n) is 24.9. The normalized spacial score (nSPS) is 18.0. The molecule has 0 bridgehead atoms. The summed E-state index contributed by atoms with van der Waals surface area (Å²) in [6.45, 7) is 11.0. The number of hydrogen-bond acceptors (Lipinski definition) is 16. The van der Waals surface area contributed by atoms with Gasteiger partial charge >= 0.3 is 11.9 Å². The van der Waals surface area contributed by atoms with Crippen molar-refractivity contribution >= 4 is 99.8 Å². The van der Waals surface area contributed by atoms with Gasteiger partial charge in [-0.15, -0.1) is 22.7 Å². The largest absolute Gasteiger partial charge is 0.494 e. The zero-order valence-electron chi connectivity index (χ0n) is 51.2. The van der Waals surface area contributed by atoms with Crippen LogP contribution in [-0.4, -0.2) is 157 Å². The summed E-state index contributed by atoms with van der Waals surface area (Å²) in [4.78, 5) is 98.1. The van der Waals surface area contributed by atoms with E-state index in [1.165, 1.54) is 52.8 Å². The zero-order chi connectivity index (χ0) is 61.6. The summed E-state index contributed by atoms with van der Waals surface area (Å²) in [5.74, 6) is -0.810. The van der Waals surface area contributed by atoms with E-state index in [9.17, 15) is 28.8 Å². The number of rotatable bonds is 22. The summed E-state index contributed by atoms with van der Waals surface area (Å²) in [5, 5.41) is 8.55. The molecule has 20 heteroatoms. The number of esters is 2. The van der Waals surface area contributed by atoms with E-state index >= 15 is 0 Å². The molecule has 0 atom stereocenters. The molecule has 5 aliphatic rings. The molecule has 4 aromatic carbocycles. The summed E-state index contributed by atoms with van der Waals surface area (Å²) in [6.07, 6.45) is 7.62. The third-order valence-electron chi connectivity index (χ3n) is 19.6. The van der Waals surface area contributed by atoms with Gasteiger partial charge in [0.05, 0.1) is 24.2 Å². The number of amides is 2. The summed E-state index contributed by atoms with van der Waals surface area (Å²) in [6, 6.07) is 35.1. The fourth-order valence-corrected chi connectivity index (χ4v) is 16.0. The van der Waals surface area contributed by atoms with Gasteiger partial charge in [-0.3, -0.25) is 47.7 Å². The highest BCUT2D eigenvalue weighted by Gasteiger charge is 2.54. The number of ether oxygens (including phenoxy) is 4. The van der Waals surface area contributed by atoms with Crippen LogP contribution in [0.5, 0.6) is 11.5 Å². The molecule has 3 saturated heterocycles. The lowest BCUT2D eigenvalue weighted by Crippen LogP contribution is -2.58. The molecule has 0 spiro atoms. The average Bonchev–Trinajstić information content (AvgIpc) is 1.47. The Kier molecular flexibility index (Phi) is 18.6. The Labute approximate surface area is 532 Å². The minimum absolute atomic E-state index is 0.169. The van der Waals surface area contributed by atoms with Crippen LogP contribution >= 0.6 is 22.7 Å². The van der Waals surface area contributed by atoms with Gasteiger partial charge in [0.2, 0.25) is 11.8 Å². The molecular formula is C70H80N8O10S2. The van der Waals surface area contributed by atoms with E-state index in [-0.39, 0.29) is 62.6 Å². The van der Waals surface area contributed by atoms with Crippen molar-refractivity contribution in [2.24, 2.45) is 10.8 Å². The number of unbranched alkanes of at least 4 members (excludes halogenated alkanes) is 2. The van der Waals surface area contributed by atoms with Gasteiger partial charge < -0.3 is 38.5 Å². The first-order chi connectivity index (χ1) is 44.0. The minimum atomic E-state index is -1.43. The van der Waals surface area contributed by atoms with Gasteiger partial charge in [0.1, 0.15) is 22.3 Å². The van der Waals surface area contributed by atoms with Crippen LogP contribution in [0, 0.1) is 10.8 Å². The highest BCUT2D eigenvalue weighted by Crippen LogP contribution is 2.44. The van der Waals surface area contributed by atoms with Crippen molar-refractivity contribution in [3.8, 4) is 11.5 Å². The highest BCUT2D eigenvalue weighted by atomic mass is 32.1. The number of nitrogens with zero attached hydrogens (tertiary/aromatic N) is 8. The third-order valence-corrected chi connectivity index (χ3v) is 21.4. The van der Waals surface area contributed by atoms with Crippen LogP contribution in [0.3, 0.4) is 0 Å². The molecule has 2 amide bonds. The van der Waals surface area contributed by atoms with Crippen molar-refractivity contribution in [1.29, 1.82) is 0 Å². The number of fused-ring (bicyclic) bond motifs is 4. The van der Waals surface area contributed by atoms with Gasteiger partial charge in [0.15, 0.2) is 13.5 Å². The first kappa shape index (κ1) is 61.1. The Bertz CT molecular complexity index is 3750. The average molecular weight is 1260 g/mol. The molecule has 7 heterocycles. The molecule has 2 saturated carbocycles. The van der Waals surface area contributed by atoms with E-state index in [4.69, 9.17) is 18.9 Å². The topological polar surface area (TPSA) is 169 Å². The molecule has 3 aliphatic heterocycles. The van der Waals surface area contributed by atoms with Gasteiger partial charge in [0.25, 0.3) is 11.1 Å². The van der Waals surface area contributed by atoms with Gasteiger partial charge in [-0.05, 0) is 159 Å². The molecule has 0 unspecified atom stereocenters. The smallest absolute Gasteiger partial charge is 0.323 e. The number of hydrogen-bond donors (Lipinski definition) is 0. The number of carbonyl (C=O) groups excluding carboxylic acids is 4. The van der Waals surface area contributed by atoms with Gasteiger partial charge in [-0.2, -0.15) is 0 Å². The molecular weight excluding hydrogens is 1180 g/mol. The Morgan fingerprint density at radius 2 is 0.844 bits per heavy atom. The zero-order valence-corrected chi connectivity index (χ0v) is 52.9. The van der Waals surface area contributed by atoms with Gasteiger partial charge in [0, 0.05) is 134 Å². The van der Waals surface area contributed by atoms with Crippen molar-refractivity contribution in [2.45, 2.75) is 90.5 Å². The minimum Gasteiger partial charge on any atom is -0.494 e. The number of carbonyl (C=O) groups is 4. The number of aromatic nitrogens is 2. The first-order valence-electron chi connectivity index (χ1n) is 32.4. The van der Waals surface area contributed by atoms with Crippen molar-refractivity contribution in [3.05, 3.63) is 141 Å². The van der Waals surface area contributed by atoms with Gasteiger partial charge in [-0.1, -0.05) is 37.8 Å². The quantitative estimate of drug-likeness (QED) is 0.0357. The maximum atomic E-state index is 14.6. The predicted molar refractivity (Wildman–Crippen MR) is 354 cm³/mol.